The maximum atomic E-state index is 12.8. The van der Waals surface area contributed by atoms with Gasteiger partial charge < -0.3 is 20.1 Å². The minimum atomic E-state index is -4.40. The van der Waals surface area contributed by atoms with E-state index in [-0.39, 0.29) is 38.6 Å². The molecule has 9 nitrogen and oxygen atoms in total. The molecule has 101 heavy (non-hydrogen) atoms. The molecule has 2 atom stereocenters. The Hall–Kier alpha value is -4.63. The monoisotopic (exact) mass is 1420 g/mol. The van der Waals surface area contributed by atoms with E-state index in [1.165, 1.54) is 199 Å². The lowest BCUT2D eigenvalue weighted by Gasteiger charge is -2.19. The molecule has 0 heterocycles. The van der Waals surface area contributed by atoms with Gasteiger partial charge in [-0.2, -0.15) is 0 Å². The lowest BCUT2D eigenvalue weighted by atomic mass is 10.0. The van der Waals surface area contributed by atoms with E-state index in [9.17, 15) is 19.0 Å². The van der Waals surface area contributed by atoms with Gasteiger partial charge >= 0.3 is 19.8 Å². The predicted molar refractivity (Wildman–Crippen MR) is 440 cm³/mol. The zero-order chi connectivity index (χ0) is 72.9. The van der Waals surface area contributed by atoms with Crippen LogP contribution in [0.1, 0.15) is 361 Å². The molecule has 0 saturated heterocycles. The highest BCUT2D eigenvalue weighted by atomic mass is 31.2. The molecule has 3 N–H and O–H groups in total. The predicted octanol–water partition coefficient (Wildman–Crippen LogP) is 28.4. The summed E-state index contributed by atoms with van der Waals surface area (Å²) in [5.41, 5.74) is 5.42. The highest BCUT2D eigenvalue weighted by Gasteiger charge is 2.26. The Morgan fingerprint density at radius 3 is 0.762 bits per heavy atom. The first-order valence-corrected chi connectivity index (χ1v) is 43.1. The molecule has 0 saturated carbocycles. The zero-order valence-corrected chi connectivity index (χ0v) is 66.0. The summed E-state index contributed by atoms with van der Waals surface area (Å²) in [5, 5.41) is 0. The van der Waals surface area contributed by atoms with Gasteiger partial charge in [0, 0.05) is 19.4 Å². The summed E-state index contributed by atoms with van der Waals surface area (Å²) >= 11 is 0. The summed E-state index contributed by atoms with van der Waals surface area (Å²) < 4.78 is 33.3. The number of nitrogens with two attached hydrogens (primary N) is 1. The van der Waals surface area contributed by atoms with Crippen LogP contribution < -0.4 is 5.73 Å². The SMILES string of the molecule is CC/C=C\C/C=C\C/C=C\C/C=C\C/C=C\C/C=C\C/C=C\CCCCCCCCCCCCCCCCCCCCCC(=O)OC(COC(=O)CCCCCCCCCCCCCCCCCCC/C=C\C/C=C\C/C=C\C/C=C\C/C=C\C/C=C\C/C=C\CC)COP(=O)(O)OCCN. The third-order valence-corrected chi connectivity index (χ3v) is 18.6. The van der Waals surface area contributed by atoms with Gasteiger partial charge in [-0.1, -0.05) is 389 Å². The first-order valence-electron chi connectivity index (χ1n) is 41.6. The molecule has 10 heteroatoms. The fraction of sp³-hybridized carbons (Fsp3) is 0.670. The molecule has 0 aromatic carbocycles. The van der Waals surface area contributed by atoms with Gasteiger partial charge in [0.2, 0.25) is 0 Å². The van der Waals surface area contributed by atoms with Gasteiger partial charge in [0.25, 0.3) is 0 Å². The minimum Gasteiger partial charge on any atom is -0.462 e. The number of rotatable bonds is 77. The Balaban J connectivity index is 3.82. The van der Waals surface area contributed by atoms with Crippen molar-refractivity contribution in [3.63, 3.8) is 0 Å². The molecule has 0 bridgehead atoms. The lowest BCUT2D eigenvalue weighted by molar-refractivity contribution is -0.161. The first-order chi connectivity index (χ1) is 49.8. The molecule has 0 aromatic heterocycles. The number of hydrogen-bond acceptors (Lipinski definition) is 8. The van der Waals surface area contributed by atoms with E-state index in [4.69, 9.17) is 24.3 Å². The summed E-state index contributed by atoms with van der Waals surface area (Å²) in [6.07, 6.45) is 125. The third kappa shape index (κ3) is 84.2. The van der Waals surface area contributed by atoms with Crippen molar-refractivity contribution in [2.45, 2.75) is 367 Å². The number of carbonyl (C=O) groups is 2. The molecule has 0 aliphatic rings. The largest absolute Gasteiger partial charge is 0.472 e. The molecule has 0 rings (SSSR count). The van der Waals surface area contributed by atoms with Crippen molar-refractivity contribution in [2.75, 3.05) is 26.4 Å². The van der Waals surface area contributed by atoms with Crippen LogP contribution in [0.3, 0.4) is 0 Å². The van der Waals surface area contributed by atoms with Crippen molar-refractivity contribution in [1.82, 2.24) is 0 Å². The average molecular weight is 1420 g/mol. The van der Waals surface area contributed by atoms with Crippen LogP contribution in [0, 0.1) is 0 Å². The molecule has 0 amide bonds. The molecule has 0 radical (unpaired) electrons. The Kier molecular flexibility index (Phi) is 80.4. The van der Waals surface area contributed by atoms with Crippen molar-refractivity contribution in [3.8, 4) is 0 Å². The Morgan fingerprint density at radius 2 is 0.515 bits per heavy atom. The van der Waals surface area contributed by atoms with Crippen LogP contribution in [0.4, 0.5) is 0 Å². The second-order valence-electron chi connectivity index (χ2n) is 27.2. The van der Waals surface area contributed by atoms with Crippen LogP contribution in [-0.4, -0.2) is 49.3 Å². The smallest absolute Gasteiger partial charge is 0.462 e. The Morgan fingerprint density at radius 1 is 0.297 bits per heavy atom. The van der Waals surface area contributed by atoms with Gasteiger partial charge in [-0.05, 0) is 128 Å². The fourth-order valence-corrected chi connectivity index (χ4v) is 12.3. The zero-order valence-electron chi connectivity index (χ0n) is 65.1. The van der Waals surface area contributed by atoms with Crippen LogP contribution in [-0.2, 0) is 32.7 Å². The number of carbonyl (C=O) groups excluding carboxylic acids is 2. The standard InChI is InChI=1S/C91H154NO8P/c1-3-5-7-9-11-13-15-17-19-21-23-25-27-29-31-33-35-37-39-41-43-44-46-48-50-52-54-56-58-60-62-64-66-68-70-72-74-76-78-80-82-84-91(94)100-89(88-99-101(95,96)98-86-85-92)87-97-90(93)83-81-79-77-75-73-71-69-67-65-63-61-59-57-55-53-51-49-47-45-42-40-38-36-34-32-30-28-26-24-22-20-18-16-14-12-10-8-6-4-2/h5-8,11-14,17-20,23-26,29-32,35-38,41-43,45,89H,3-4,9-10,15-16,21-22,27-28,33-34,39-40,44,46-88,92H2,1-2H3,(H,95,96)/b7-5-,8-6-,13-11-,14-12-,19-17-,20-18-,25-23-,26-24-,31-29-,32-30-,37-35-,38-36-,43-41-,45-42-. The average Bonchev–Trinajstić information content (AvgIpc) is 1.04. The maximum Gasteiger partial charge on any atom is 0.472 e. The molecule has 0 spiro atoms. The second kappa shape index (κ2) is 84.3. The van der Waals surface area contributed by atoms with Crippen molar-refractivity contribution < 1.29 is 37.6 Å². The van der Waals surface area contributed by atoms with E-state index in [0.29, 0.717) is 6.42 Å². The first kappa shape index (κ1) is 96.4. The van der Waals surface area contributed by atoms with E-state index in [2.05, 4.69) is 184 Å². The summed E-state index contributed by atoms with van der Waals surface area (Å²) in [6, 6.07) is 0. The normalized spacial score (nSPS) is 13.7. The quantitative estimate of drug-likeness (QED) is 0.0264. The highest BCUT2D eigenvalue weighted by molar-refractivity contribution is 7.47. The van der Waals surface area contributed by atoms with E-state index in [1.54, 1.807) is 0 Å². The fourth-order valence-electron chi connectivity index (χ4n) is 11.5. The third-order valence-electron chi connectivity index (χ3n) is 17.6. The van der Waals surface area contributed by atoms with Crippen molar-refractivity contribution in [1.29, 1.82) is 0 Å². The van der Waals surface area contributed by atoms with Crippen molar-refractivity contribution >= 4 is 19.8 Å². The van der Waals surface area contributed by atoms with E-state index < -0.39 is 26.5 Å². The van der Waals surface area contributed by atoms with Gasteiger partial charge in [-0.25, -0.2) is 4.57 Å². The van der Waals surface area contributed by atoms with Crippen LogP contribution in [0.5, 0.6) is 0 Å². The highest BCUT2D eigenvalue weighted by Crippen LogP contribution is 2.43. The number of ether oxygens (including phenoxy) is 2. The van der Waals surface area contributed by atoms with Gasteiger partial charge in [-0.3, -0.25) is 18.6 Å². The van der Waals surface area contributed by atoms with E-state index in [1.807, 2.05) is 0 Å². The number of phosphoric ester groups is 1. The molecule has 2 unspecified atom stereocenters. The number of esters is 2. The van der Waals surface area contributed by atoms with Crippen molar-refractivity contribution in [3.05, 3.63) is 170 Å². The van der Waals surface area contributed by atoms with Crippen LogP contribution in [0.2, 0.25) is 0 Å². The minimum absolute atomic E-state index is 0.0497. The van der Waals surface area contributed by atoms with E-state index in [0.717, 1.165) is 128 Å². The van der Waals surface area contributed by atoms with Crippen LogP contribution in [0.15, 0.2) is 170 Å². The summed E-state index contributed by atoms with van der Waals surface area (Å²) in [4.78, 5) is 35.5. The number of phosphoric acid groups is 1. The second-order valence-corrected chi connectivity index (χ2v) is 28.7. The molecule has 0 aromatic rings. The van der Waals surface area contributed by atoms with Gasteiger partial charge in [0.15, 0.2) is 6.10 Å². The van der Waals surface area contributed by atoms with Crippen molar-refractivity contribution in [2.24, 2.45) is 5.73 Å². The van der Waals surface area contributed by atoms with Gasteiger partial charge in [0.05, 0.1) is 13.2 Å². The molecular weight excluding hydrogens is 1270 g/mol. The lowest BCUT2D eigenvalue weighted by Crippen LogP contribution is -2.29. The molecule has 0 fully saturated rings. The summed E-state index contributed by atoms with van der Waals surface area (Å²) in [6.45, 7) is 3.55. The topological polar surface area (TPSA) is 134 Å². The molecule has 0 aliphatic carbocycles. The molecule has 576 valence electrons. The number of allylic oxidation sites excluding steroid dienone is 28. The number of hydrogen-bond donors (Lipinski definition) is 2. The van der Waals surface area contributed by atoms with Crippen LogP contribution >= 0.6 is 7.82 Å². The summed E-state index contributed by atoms with van der Waals surface area (Å²) in [7, 11) is -4.40. The maximum absolute atomic E-state index is 12.8. The molecular formula is C91H154NO8P. The summed E-state index contributed by atoms with van der Waals surface area (Å²) in [5.74, 6) is -0.819. The van der Waals surface area contributed by atoms with E-state index >= 15 is 0 Å². The van der Waals surface area contributed by atoms with Gasteiger partial charge in [0.1, 0.15) is 6.61 Å². The number of unbranched alkanes of at least 4 members (excludes halogenated alkanes) is 36. The van der Waals surface area contributed by atoms with Gasteiger partial charge in [-0.15, -0.1) is 0 Å². The Labute approximate surface area is 622 Å². The Bertz CT molecular complexity index is 2280. The van der Waals surface area contributed by atoms with Crippen LogP contribution in [0.25, 0.3) is 0 Å². The molecule has 0 aliphatic heterocycles.